The summed E-state index contributed by atoms with van der Waals surface area (Å²) in [5.74, 6) is 0. The Balaban J connectivity index is 1.32. The molecule has 2 heterocycles. The summed E-state index contributed by atoms with van der Waals surface area (Å²) in [5, 5.41) is 0. The summed E-state index contributed by atoms with van der Waals surface area (Å²) >= 11 is 0. The van der Waals surface area contributed by atoms with Crippen molar-refractivity contribution in [2.24, 2.45) is 0 Å². The van der Waals surface area contributed by atoms with E-state index in [1.54, 1.807) is 0 Å². The van der Waals surface area contributed by atoms with E-state index >= 15 is 0 Å². The van der Waals surface area contributed by atoms with Gasteiger partial charge in [0.2, 0.25) is 0 Å². The maximum Gasteiger partial charge on any atom is 0.0863 e. The van der Waals surface area contributed by atoms with Crippen molar-refractivity contribution in [3.63, 3.8) is 0 Å². The van der Waals surface area contributed by atoms with Gasteiger partial charge in [0, 0.05) is 13.2 Å². The molecule has 3 nitrogen and oxygen atoms in total. The van der Waals surface area contributed by atoms with E-state index in [1.165, 1.54) is 38.5 Å². The standard InChI is InChI=1S/C20H34O3/c1-3-5-7-9-11-17-19(22-17)13-15-21-16-14-20-18(23-20)12-10-8-6-4-2/h3-4,17-20H,1-2,5-16H2. The van der Waals surface area contributed by atoms with Gasteiger partial charge >= 0.3 is 0 Å². The molecule has 0 amide bonds. The topological polar surface area (TPSA) is 34.3 Å². The fourth-order valence-electron chi connectivity index (χ4n) is 3.14. The van der Waals surface area contributed by atoms with Crippen LogP contribution in [0, 0.1) is 0 Å². The Bertz CT molecular complexity index is 310. The number of hydrogen-bond donors (Lipinski definition) is 0. The van der Waals surface area contributed by atoms with Gasteiger partial charge in [0.15, 0.2) is 0 Å². The molecule has 0 saturated carbocycles. The van der Waals surface area contributed by atoms with Crippen molar-refractivity contribution < 1.29 is 14.2 Å². The van der Waals surface area contributed by atoms with Gasteiger partial charge in [-0.1, -0.05) is 25.0 Å². The predicted octanol–water partition coefficient (Wildman–Crippen LogP) is 4.81. The Hall–Kier alpha value is -0.640. The van der Waals surface area contributed by atoms with E-state index in [0.717, 1.165) is 38.9 Å². The summed E-state index contributed by atoms with van der Waals surface area (Å²) in [6.07, 6.45) is 17.6. The molecule has 2 saturated heterocycles. The molecule has 4 unspecified atom stereocenters. The lowest BCUT2D eigenvalue weighted by molar-refractivity contribution is 0.118. The molecular formula is C20H34O3. The number of unbranched alkanes of at least 4 members (excludes halogenated alkanes) is 4. The van der Waals surface area contributed by atoms with Crippen LogP contribution in [0.15, 0.2) is 25.3 Å². The molecule has 0 bridgehead atoms. The second-order valence-corrected chi connectivity index (χ2v) is 6.76. The maximum atomic E-state index is 5.73. The molecule has 2 fully saturated rings. The van der Waals surface area contributed by atoms with Crippen LogP contribution in [0.4, 0.5) is 0 Å². The fraction of sp³-hybridized carbons (Fsp3) is 0.800. The van der Waals surface area contributed by atoms with E-state index in [0.29, 0.717) is 24.4 Å². The first kappa shape index (κ1) is 18.7. The van der Waals surface area contributed by atoms with Crippen molar-refractivity contribution in [3.05, 3.63) is 25.3 Å². The number of allylic oxidation sites excluding steroid dienone is 2. The van der Waals surface area contributed by atoms with Gasteiger partial charge in [-0.25, -0.2) is 0 Å². The Kier molecular flexibility index (Phi) is 8.95. The highest BCUT2D eigenvalue weighted by atomic mass is 16.6. The van der Waals surface area contributed by atoms with E-state index in [9.17, 15) is 0 Å². The minimum atomic E-state index is 0.452. The molecule has 2 rings (SSSR count). The fourth-order valence-corrected chi connectivity index (χ4v) is 3.14. The second kappa shape index (κ2) is 11.0. The monoisotopic (exact) mass is 322 g/mol. The van der Waals surface area contributed by atoms with Gasteiger partial charge in [-0.05, 0) is 51.4 Å². The highest BCUT2D eigenvalue weighted by Gasteiger charge is 2.38. The third kappa shape index (κ3) is 8.14. The molecule has 3 heteroatoms. The summed E-state index contributed by atoms with van der Waals surface area (Å²) in [5.41, 5.74) is 0. The lowest BCUT2D eigenvalue weighted by atomic mass is 10.1. The molecule has 4 atom stereocenters. The Morgan fingerprint density at radius 2 is 1.09 bits per heavy atom. The Labute approximate surface area is 142 Å². The van der Waals surface area contributed by atoms with Crippen molar-refractivity contribution in [3.8, 4) is 0 Å². The smallest absolute Gasteiger partial charge is 0.0863 e. The zero-order valence-corrected chi connectivity index (χ0v) is 14.6. The van der Waals surface area contributed by atoms with Crippen molar-refractivity contribution in [2.75, 3.05) is 13.2 Å². The predicted molar refractivity (Wildman–Crippen MR) is 94.7 cm³/mol. The molecule has 2 aliphatic rings. The minimum absolute atomic E-state index is 0.452. The molecule has 0 spiro atoms. The molecule has 0 N–H and O–H groups in total. The SMILES string of the molecule is C=CCCCCC1OC1CCOCCC1OC1CCCCC=C. The average Bonchev–Trinajstić information content (AvgIpc) is 3.46. The largest absolute Gasteiger partial charge is 0.381 e. The van der Waals surface area contributed by atoms with Gasteiger partial charge in [0.1, 0.15) is 0 Å². The van der Waals surface area contributed by atoms with Crippen molar-refractivity contribution in [1.82, 2.24) is 0 Å². The molecule has 23 heavy (non-hydrogen) atoms. The molecule has 132 valence electrons. The summed E-state index contributed by atoms with van der Waals surface area (Å²) < 4.78 is 17.1. The first-order valence-electron chi connectivity index (χ1n) is 9.45. The zero-order valence-electron chi connectivity index (χ0n) is 14.6. The van der Waals surface area contributed by atoms with Gasteiger partial charge < -0.3 is 14.2 Å². The summed E-state index contributed by atoms with van der Waals surface area (Å²) in [6, 6.07) is 0. The van der Waals surface area contributed by atoms with Crippen LogP contribution in [0.1, 0.15) is 64.2 Å². The molecule has 0 radical (unpaired) electrons. The van der Waals surface area contributed by atoms with Gasteiger partial charge in [-0.3, -0.25) is 0 Å². The maximum absolute atomic E-state index is 5.73. The van der Waals surface area contributed by atoms with Crippen molar-refractivity contribution in [2.45, 2.75) is 88.6 Å². The third-order valence-corrected chi connectivity index (χ3v) is 4.76. The van der Waals surface area contributed by atoms with Crippen LogP contribution >= 0.6 is 0 Å². The highest BCUT2D eigenvalue weighted by molar-refractivity contribution is 4.86. The van der Waals surface area contributed by atoms with E-state index in [-0.39, 0.29) is 0 Å². The molecule has 0 aliphatic carbocycles. The van der Waals surface area contributed by atoms with Crippen LogP contribution in [0.25, 0.3) is 0 Å². The number of rotatable bonds is 16. The molecule has 0 aromatic rings. The third-order valence-electron chi connectivity index (χ3n) is 4.76. The van der Waals surface area contributed by atoms with E-state index in [2.05, 4.69) is 13.2 Å². The van der Waals surface area contributed by atoms with Crippen LogP contribution < -0.4 is 0 Å². The van der Waals surface area contributed by atoms with Crippen molar-refractivity contribution in [1.29, 1.82) is 0 Å². The van der Waals surface area contributed by atoms with Crippen LogP contribution in [0.2, 0.25) is 0 Å². The molecule has 2 aliphatic heterocycles. The van der Waals surface area contributed by atoms with Crippen LogP contribution in [0.3, 0.4) is 0 Å². The van der Waals surface area contributed by atoms with Gasteiger partial charge in [-0.2, -0.15) is 0 Å². The number of ether oxygens (including phenoxy) is 3. The van der Waals surface area contributed by atoms with E-state index in [4.69, 9.17) is 14.2 Å². The summed E-state index contributed by atoms with van der Waals surface area (Å²) in [6.45, 7) is 9.15. The normalized spacial score (nSPS) is 28.5. The Morgan fingerprint density at radius 3 is 1.52 bits per heavy atom. The Morgan fingerprint density at radius 1 is 0.652 bits per heavy atom. The van der Waals surface area contributed by atoms with E-state index in [1.807, 2.05) is 12.2 Å². The van der Waals surface area contributed by atoms with Crippen LogP contribution in [-0.2, 0) is 14.2 Å². The lowest BCUT2D eigenvalue weighted by Gasteiger charge is -2.01. The van der Waals surface area contributed by atoms with E-state index < -0.39 is 0 Å². The second-order valence-electron chi connectivity index (χ2n) is 6.76. The lowest BCUT2D eigenvalue weighted by Crippen LogP contribution is -2.05. The summed E-state index contributed by atoms with van der Waals surface area (Å²) in [7, 11) is 0. The summed E-state index contributed by atoms with van der Waals surface area (Å²) in [4.78, 5) is 0. The minimum Gasteiger partial charge on any atom is -0.381 e. The number of epoxide rings is 2. The van der Waals surface area contributed by atoms with Crippen LogP contribution in [0.5, 0.6) is 0 Å². The zero-order chi connectivity index (χ0) is 16.3. The number of hydrogen-bond acceptors (Lipinski definition) is 3. The molecule has 0 aromatic carbocycles. The van der Waals surface area contributed by atoms with Gasteiger partial charge in [0.05, 0.1) is 24.4 Å². The van der Waals surface area contributed by atoms with Gasteiger partial charge in [0.25, 0.3) is 0 Å². The van der Waals surface area contributed by atoms with Gasteiger partial charge in [-0.15, -0.1) is 13.2 Å². The first-order valence-corrected chi connectivity index (χ1v) is 9.45. The average molecular weight is 322 g/mol. The van der Waals surface area contributed by atoms with Crippen LogP contribution in [-0.4, -0.2) is 37.6 Å². The molecular weight excluding hydrogens is 288 g/mol. The highest BCUT2D eigenvalue weighted by Crippen LogP contribution is 2.31. The first-order chi connectivity index (χ1) is 11.3. The quantitative estimate of drug-likeness (QED) is 0.232. The van der Waals surface area contributed by atoms with Crippen molar-refractivity contribution >= 4 is 0 Å². The molecule has 0 aromatic heterocycles.